The number of benzene rings is 2. The molecule has 1 aliphatic rings. The van der Waals surface area contributed by atoms with Crippen LogP contribution in [-0.2, 0) is 23.8 Å². The second-order valence-electron chi connectivity index (χ2n) is 7.52. The van der Waals surface area contributed by atoms with Gasteiger partial charge in [-0.1, -0.05) is 24.3 Å². The Morgan fingerprint density at radius 2 is 1.97 bits per heavy atom. The van der Waals surface area contributed by atoms with Crippen molar-refractivity contribution in [1.29, 1.82) is 0 Å². The molecule has 0 fully saturated rings. The molecule has 31 heavy (non-hydrogen) atoms. The molecule has 2 aromatic carbocycles. The molecule has 0 saturated heterocycles. The second-order valence-corrected chi connectivity index (χ2v) is 9.70. The van der Waals surface area contributed by atoms with Gasteiger partial charge in [-0.05, 0) is 49.1 Å². The number of fused-ring (bicyclic) bond motifs is 1. The fourth-order valence-corrected chi connectivity index (χ4v) is 6.03. The van der Waals surface area contributed by atoms with Gasteiger partial charge in [-0.15, -0.1) is 23.1 Å². The lowest BCUT2D eigenvalue weighted by Crippen LogP contribution is -2.10. The van der Waals surface area contributed by atoms with Crippen LogP contribution in [0.25, 0.3) is 10.6 Å². The largest absolute Gasteiger partial charge is 0.481 e. The monoisotopic (exact) mass is 463 g/mol. The minimum Gasteiger partial charge on any atom is -0.481 e. The Morgan fingerprint density at radius 3 is 2.68 bits per heavy atom. The molecule has 1 N–H and O–H groups in total. The quantitative estimate of drug-likeness (QED) is 0.415. The molecular formula is C23H20F3NO2S2. The lowest BCUT2D eigenvalue weighted by atomic mass is 9.93. The molecule has 0 saturated carbocycles. The average Bonchev–Trinajstić information content (AvgIpc) is 3.16. The summed E-state index contributed by atoms with van der Waals surface area (Å²) in [5.74, 6) is 0.258. The molecule has 1 aliphatic carbocycles. The molecule has 162 valence electrons. The summed E-state index contributed by atoms with van der Waals surface area (Å²) in [5, 5.41) is 9.75. The van der Waals surface area contributed by atoms with Gasteiger partial charge in [-0.3, -0.25) is 4.79 Å². The van der Waals surface area contributed by atoms with E-state index in [2.05, 4.69) is 0 Å². The number of carboxylic acids is 1. The number of aromatic nitrogens is 1. The molecule has 3 nitrogen and oxygen atoms in total. The van der Waals surface area contributed by atoms with Gasteiger partial charge in [0.1, 0.15) is 5.01 Å². The van der Waals surface area contributed by atoms with Crippen LogP contribution in [0, 0.1) is 0 Å². The summed E-state index contributed by atoms with van der Waals surface area (Å²) in [6.07, 6.45) is -1.31. The van der Waals surface area contributed by atoms with Crippen molar-refractivity contribution in [3.63, 3.8) is 0 Å². The first-order valence-corrected chi connectivity index (χ1v) is 11.7. The number of alkyl halides is 3. The molecule has 0 bridgehead atoms. The van der Waals surface area contributed by atoms with E-state index < -0.39 is 17.7 Å². The third kappa shape index (κ3) is 5.30. The third-order valence-corrected chi connectivity index (χ3v) is 7.57. The summed E-state index contributed by atoms with van der Waals surface area (Å²) in [4.78, 5) is 18.0. The molecule has 0 unspecified atom stereocenters. The molecular weight excluding hydrogens is 443 g/mol. The number of carbonyl (C=O) groups is 1. The van der Waals surface area contributed by atoms with E-state index in [1.807, 2.05) is 24.3 Å². The van der Waals surface area contributed by atoms with E-state index in [1.165, 1.54) is 17.0 Å². The Hall–Kier alpha value is -2.32. The number of aryl methyl sites for hydroxylation is 1. The van der Waals surface area contributed by atoms with Gasteiger partial charge < -0.3 is 5.11 Å². The number of rotatable bonds is 6. The Kier molecular flexibility index (Phi) is 6.39. The highest BCUT2D eigenvalue weighted by Gasteiger charge is 2.30. The highest BCUT2D eigenvalue weighted by Crippen LogP contribution is 2.41. The zero-order chi connectivity index (χ0) is 22.0. The molecule has 1 heterocycles. The van der Waals surface area contributed by atoms with E-state index >= 15 is 0 Å². The second kappa shape index (κ2) is 9.04. The summed E-state index contributed by atoms with van der Waals surface area (Å²) in [6, 6.07) is 12.8. The smallest absolute Gasteiger partial charge is 0.416 e. The van der Waals surface area contributed by atoms with Crippen molar-refractivity contribution in [2.75, 3.05) is 5.75 Å². The number of carboxylic acid groups (broad SMARTS) is 1. The fourth-order valence-electron chi connectivity index (χ4n) is 3.71. The van der Waals surface area contributed by atoms with Crippen LogP contribution in [0.4, 0.5) is 13.2 Å². The SMILES string of the molecule is O=C(O)Cc1cccc(SC[C@H]2CCCc3sc(-c4ccc(C(F)(F)F)cc4)nc32)c1. The summed E-state index contributed by atoms with van der Waals surface area (Å²) in [5.41, 5.74) is 1.89. The average molecular weight is 464 g/mol. The number of thioether (sulfide) groups is 1. The van der Waals surface area contributed by atoms with Crippen LogP contribution in [0.15, 0.2) is 53.4 Å². The number of hydrogen-bond acceptors (Lipinski definition) is 4. The van der Waals surface area contributed by atoms with Gasteiger partial charge in [0, 0.05) is 27.0 Å². The van der Waals surface area contributed by atoms with Crippen molar-refractivity contribution in [3.05, 3.63) is 70.2 Å². The van der Waals surface area contributed by atoms with E-state index in [9.17, 15) is 18.0 Å². The van der Waals surface area contributed by atoms with E-state index in [1.54, 1.807) is 23.1 Å². The number of aliphatic carboxylic acids is 1. The van der Waals surface area contributed by atoms with Gasteiger partial charge >= 0.3 is 12.1 Å². The molecule has 0 radical (unpaired) electrons. The lowest BCUT2D eigenvalue weighted by molar-refractivity contribution is -0.138. The minimum atomic E-state index is -4.34. The summed E-state index contributed by atoms with van der Waals surface area (Å²) in [6.45, 7) is 0. The fraction of sp³-hybridized carbons (Fsp3) is 0.304. The Bertz CT molecular complexity index is 1080. The molecule has 3 aromatic rings. The van der Waals surface area contributed by atoms with Crippen LogP contribution in [0.2, 0.25) is 0 Å². The predicted molar refractivity (Wildman–Crippen MR) is 117 cm³/mol. The maximum atomic E-state index is 12.8. The number of hydrogen-bond donors (Lipinski definition) is 1. The maximum Gasteiger partial charge on any atom is 0.416 e. The predicted octanol–water partition coefficient (Wildman–Crippen LogP) is 6.67. The molecule has 0 spiro atoms. The van der Waals surface area contributed by atoms with Gasteiger partial charge in [-0.2, -0.15) is 13.2 Å². The Labute approximate surface area is 186 Å². The zero-order valence-corrected chi connectivity index (χ0v) is 18.1. The van der Waals surface area contributed by atoms with E-state index in [0.29, 0.717) is 5.56 Å². The van der Waals surface area contributed by atoms with Crippen molar-refractivity contribution >= 4 is 29.1 Å². The summed E-state index contributed by atoms with van der Waals surface area (Å²) >= 11 is 3.26. The van der Waals surface area contributed by atoms with Gasteiger partial charge in [0.05, 0.1) is 17.7 Å². The number of nitrogens with zero attached hydrogens (tertiary/aromatic N) is 1. The van der Waals surface area contributed by atoms with E-state index in [4.69, 9.17) is 10.1 Å². The zero-order valence-electron chi connectivity index (χ0n) is 16.5. The van der Waals surface area contributed by atoms with Crippen LogP contribution in [0.1, 0.15) is 40.5 Å². The van der Waals surface area contributed by atoms with Crippen molar-refractivity contribution in [2.45, 2.75) is 42.7 Å². The summed E-state index contributed by atoms with van der Waals surface area (Å²) in [7, 11) is 0. The van der Waals surface area contributed by atoms with Crippen LogP contribution in [0.3, 0.4) is 0 Å². The van der Waals surface area contributed by atoms with Crippen LogP contribution >= 0.6 is 23.1 Å². The van der Waals surface area contributed by atoms with Gasteiger partial charge in [0.15, 0.2) is 0 Å². The van der Waals surface area contributed by atoms with E-state index in [-0.39, 0.29) is 12.3 Å². The molecule has 4 rings (SSSR count). The van der Waals surface area contributed by atoms with Crippen LogP contribution in [-0.4, -0.2) is 21.8 Å². The van der Waals surface area contributed by atoms with Crippen molar-refractivity contribution < 1.29 is 23.1 Å². The van der Waals surface area contributed by atoms with E-state index in [0.717, 1.165) is 58.3 Å². The third-order valence-electron chi connectivity index (χ3n) is 5.23. The first kappa shape index (κ1) is 21.9. The maximum absolute atomic E-state index is 12.8. The standard InChI is InChI=1S/C23H20F3NO2S2/c24-23(25,26)17-9-7-15(8-10-17)22-27-21-16(4-2-6-19(21)31-22)13-30-18-5-1-3-14(11-18)12-20(28)29/h1,3,5,7-11,16H,2,4,6,12-13H2,(H,28,29)/t16-/m1/s1. The molecule has 0 aliphatic heterocycles. The topological polar surface area (TPSA) is 50.2 Å². The van der Waals surface area contributed by atoms with Gasteiger partial charge in [0.25, 0.3) is 0 Å². The van der Waals surface area contributed by atoms with Crippen molar-refractivity contribution in [3.8, 4) is 10.6 Å². The Morgan fingerprint density at radius 1 is 1.19 bits per heavy atom. The van der Waals surface area contributed by atoms with Gasteiger partial charge in [0.2, 0.25) is 0 Å². The van der Waals surface area contributed by atoms with Crippen LogP contribution in [0.5, 0.6) is 0 Å². The molecule has 8 heteroatoms. The minimum absolute atomic E-state index is 0.00452. The molecule has 0 amide bonds. The number of thiazole rings is 1. The van der Waals surface area contributed by atoms with Gasteiger partial charge in [-0.25, -0.2) is 4.98 Å². The Balaban J connectivity index is 1.49. The highest BCUT2D eigenvalue weighted by molar-refractivity contribution is 7.99. The van der Waals surface area contributed by atoms with Crippen LogP contribution < -0.4 is 0 Å². The highest BCUT2D eigenvalue weighted by atomic mass is 32.2. The normalized spacial score (nSPS) is 16.2. The first-order chi connectivity index (χ1) is 14.8. The summed E-state index contributed by atoms with van der Waals surface area (Å²) < 4.78 is 38.5. The molecule has 1 aromatic heterocycles. The van der Waals surface area contributed by atoms with Crippen molar-refractivity contribution in [1.82, 2.24) is 4.98 Å². The van der Waals surface area contributed by atoms with Crippen molar-refractivity contribution in [2.24, 2.45) is 0 Å². The molecule has 1 atom stereocenters. The first-order valence-electron chi connectivity index (χ1n) is 9.90. The number of halogens is 3. The lowest BCUT2D eigenvalue weighted by Gasteiger charge is -2.20.